The Morgan fingerprint density at radius 3 is 2.48 bits per heavy atom. The largest absolute Gasteiger partial charge is 0.325 e. The summed E-state index contributed by atoms with van der Waals surface area (Å²) in [6, 6.07) is 16.1. The smallest absolute Gasteiger partial charge is 0.247 e. The molecule has 0 saturated carbocycles. The zero-order chi connectivity index (χ0) is 17.8. The molecular weight excluding hydrogens is 404 g/mol. The van der Waals surface area contributed by atoms with E-state index in [1.807, 2.05) is 18.2 Å². The minimum Gasteiger partial charge on any atom is -0.325 e. The molecule has 1 heterocycles. The zero-order valence-electron chi connectivity index (χ0n) is 13.1. The predicted molar refractivity (Wildman–Crippen MR) is 103 cm³/mol. The number of imide groups is 1. The Bertz CT molecular complexity index is 796. The highest BCUT2D eigenvalue weighted by molar-refractivity contribution is 9.10. The van der Waals surface area contributed by atoms with Gasteiger partial charge in [-0.2, -0.15) is 0 Å². The number of thioether (sulfide) groups is 1. The molecule has 0 bridgehead atoms. The molecule has 0 unspecified atom stereocenters. The highest BCUT2D eigenvalue weighted by atomic mass is 79.9. The van der Waals surface area contributed by atoms with E-state index in [1.54, 1.807) is 36.4 Å². The van der Waals surface area contributed by atoms with Gasteiger partial charge in [-0.25, -0.2) is 4.90 Å². The number of anilines is 2. The molecule has 1 saturated heterocycles. The number of carbonyl (C=O) groups excluding carboxylic acids is 3. The number of amides is 3. The van der Waals surface area contributed by atoms with Crippen LogP contribution in [0.3, 0.4) is 0 Å². The number of nitrogens with one attached hydrogen (secondary N) is 1. The number of para-hydroxylation sites is 1. The van der Waals surface area contributed by atoms with Gasteiger partial charge in [-0.3, -0.25) is 14.4 Å². The molecule has 3 rings (SSSR count). The van der Waals surface area contributed by atoms with Crippen molar-refractivity contribution in [2.75, 3.05) is 16.0 Å². The molecule has 2 aromatic rings. The van der Waals surface area contributed by atoms with E-state index in [1.165, 1.54) is 16.7 Å². The highest BCUT2D eigenvalue weighted by Crippen LogP contribution is 2.30. The van der Waals surface area contributed by atoms with Gasteiger partial charge in [0, 0.05) is 16.6 Å². The Morgan fingerprint density at radius 2 is 1.80 bits per heavy atom. The summed E-state index contributed by atoms with van der Waals surface area (Å²) in [5.74, 6) is -0.594. The number of halogens is 1. The fraction of sp³-hybridized carbons (Fsp3) is 0.167. The fourth-order valence-electron chi connectivity index (χ4n) is 2.49. The van der Waals surface area contributed by atoms with Gasteiger partial charge < -0.3 is 5.32 Å². The van der Waals surface area contributed by atoms with Crippen molar-refractivity contribution >= 4 is 56.8 Å². The lowest BCUT2D eigenvalue weighted by molar-refractivity contribution is -0.121. The topological polar surface area (TPSA) is 66.5 Å². The summed E-state index contributed by atoms with van der Waals surface area (Å²) in [4.78, 5) is 37.9. The Morgan fingerprint density at radius 1 is 1.12 bits per heavy atom. The Kier molecular flexibility index (Phi) is 5.55. The van der Waals surface area contributed by atoms with Gasteiger partial charge in [0.1, 0.15) is 0 Å². The number of rotatable bonds is 5. The highest BCUT2D eigenvalue weighted by Gasteiger charge is 2.39. The number of hydrogen-bond donors (Lipinski definition) is 1. The SMILES string of the molecule is O=C(CS[C@H]1CC(=O)N(c2ccc(Br)cc2)C1=O)Nc1ccccc1. The lowest BCUT2D eigenvalue weighted by Crippen LogP contribution is -2.31. The number of benzene rings is 2. The summed E-state index contributed by atoms with van der Waals surface area (Å²) in [5.41, 5.74) is 1.26. The molecule has 25 heavy (non-hydrogen) atoms. The molecule has 1 fully saturated rings. The molecule has 0 aromatic heterocycles. The standard InChI is InChI=1S/C18H15BrN2O3S/c19-12-6-8-14(9-7-12)21-17(23)10-15(18(21)24)25-11-16(22)20-13-4-2-1-3-5-13/h1-9,15H,10-11H2,(H,20,22)/t15-/m0/s1. The van der Waals surface area contributed by atoms with E-state index < -0.39 is 5.25 Å². The first kappa shape index (κ1) is 17.7. The van der Waals surface area contributed by atoms with Gasteiger partial charge in [0.2, 0.25) is 17.7 Å². The summed E-state index contributed by atoms with van der Waals surface area (Å²) < 4.78 is 0.874. The van der Waals surface area contributed by atoms with Crippen LogP contribution in [-0.2, 0) is 14.4 Å². The van der Waals surface area contributed by atoms with Crippen LogP contribution in [0.1, 0.15) is 6.42 Å². The van der Waals surface area contributed by atoms with Crippen LogP contribution in [0.5, 0.6) is 0 Å². The van der Waals surface area contributed by atoms with E-state index in [4.69, 9.17) is 0 Å². The van der Waals surface area contributed by atoms with Crippen molar-refractivity contribution in [3.05, 3.63) is 59.1 Å². The van der Waals surface area contributed by atoms with Gasteiger partial charge in [-0.1, -0.05) is 34.1 Å². The van der Waals surface area contributed by atoms with Crippen molar-refractivity contribution in [3.8, 4) is 0 Å². The maximum atomic E-state index is 12.5. The Balaban J connectivity index is 1.59. The van der Waals surface area contributed by atoms with Gasteiger partial charge in [0.05, 0.1) is 16.7 Å². The molecule has 0 radical (unpaired) electrons. The summed E-state index contributed by atoms with van der Waals surface area (Å²) >= 11 is 4.52. The number of carbonyl (C=O) groups is 3. The monoisotopic (exact) mass is 418 g/mol. The molecule has 0 aliphatic carbocycles. The zero-order valence-corrected chi connectivity index (χ0v) is 15.5. The van der Waals surface area contributed by atoms with Crippen LogP contribution in [-0.4, -0.2) is 28.7 Å². The second-order valence-corrected chi connectivity index (χ2v) is 7.57. The fourth-order valence-corrected chi connectivity index (χ4v) is 3.69. The Hall–Kier alpha value is -2.12. The average molecular weight is 419 g/mol. The van der Waals surface area contributed by atoms with Crippen molar-refractivity contribution in [3.63, 3.8) is 0 Å². The summed E-state index contributed by atoms with van der Waals surface area (Å²) in [6.07, 6.45) is 0.109. The number of hydrogen-bond acceptors (Lipinski definition) is 4. The third-order valence-electron chi connectivity index (χ3n) is 3.66. The van der Waals surface area contributed by atoms with E-state index >= 15 is 0 Å². The first-order chi connectivity index (χ1) is 12.0. The lowest BCUT2D eigenvalue weighted by atomic mass is 10.3. The second kappa shape index (κ2) is 7.84. The molecular formula is C18H15BrN2O3S. The third-order valence-corrected chi connectivity index (χ3v) is 5.39. The van der Waals surface area contributed by atoms with E-state index in [2.05, 4.69) is 21.2 Å². The molecule has 1 atom stereocenters. The molecule has 7 heteroatoms. The summed E-state index contributed by atoms with van der Waals surface area (Å²) in [6.45, 7) is 0. The van der Waals surface area contributed by atoms with E-state index in [9.17, 15) is 14.4 Å². The van der Waals surface area contributed by atoms with E-state index in [0.29, 0.717) is 11.4 Å². The normalized spacial score (nSPS) is 17.0. The van der Waals surface area contributed by atoms with Gasteiger partial charge in [-0.15, -0.1) is 11.8 Å². The molecule has 3 amide bonds. The minimum atomic E-state index is -0.530. The average Bonchev–Trinajstić information content (AvgIpc) is 2.89. The van der Waals surface area contributed by atoms with Gasteiger partial charge in [0.15, 0.2) is 0 Å². The maximum Gasteiger partial charge on any atom is 0.247 e. The molecule has 1 N–H and O–H groups in total. The van der Waals surface area contributed by atoms with Crippen molar-refractivity contribution in [2.45, 2.75) is 11.7 Å². The van der Waals surface area contributed by atoms with Crippen LogP contribution in [0.25, 0.3) is 0 Å². The van der Waals surface area contributed by atoms with E-state index in [-0.39, 0.29) is 29.9 Å². The van der Waals surface area contributed by atoms with Crippen molar-refractivity contribution in [1.82, 2.24) is 0 Å². The summed E-state index contributed by atoms with van der Waals surface area (Å²) in [5, 5.41) is 2.24. The first-order valence-electron chi connectivity index (χ1n) is 7.63. The molecule has 1 aliphatic rings. The maximum absolute atomic E-state index is 12.5. The first-order valence-corrected chi connectivity index (χ1v) is 9.47. The molecule has 128 valence electrons. The van der Waals surface area contributed by atoms with Crippen LogP contribution in [0, 0.1) is 0 Å². The van der Waals surface area contributed by atoms with Gasteiger partial charge in [-0.05, 0) is 36.4 Å². The third kappa shape index (κ3) is 4.29. The van der Waals surface area contributed by atoms with Crippen molar-refractivity contribution in [1.29, 1.82) is 0 Å². The minimum absolute atomic E-state index is 0.109. The Labute approximate surface area is 157 Å². The van der Waals surface area contributed by atoms with Crippen LogP contribution >= 0.6 is 27.7 Å². The molecule has 5 nitrogen and oxygen atoms in total. The van der Waals surface area contributed by atoms with Crippen LogP contribution in [0.4, 0.5) is 11.4 Å². The van der Waals surface area contributed by atoms with Gasteiger partial charge >= 0.3 is 0 Å². The molecule has 2 aromatic carbocycles. The predicted octanol–water partition coefficient (Wildman–Crippen LogP) is 3.45. The second-order valence-electron chi connectivity index (χ2n) is 5.46. The van der Waals surface area contributed by atoms with Crippen LogP contribution in [0.15, 0.2) is 59.1 Å². The van der Waals surface area contributed by atoms with E-state index in [0.717, 1.165) is 4.47 Å². The lowest BCUT2D eigenvalue weighted by Gasteiger charge is -2.15. The van der Waals surface area contributed by atoms with Crippen molar-refractivity contribution < 1.29 is 14.4 Å². The van der Waals surface area contributed by atoms with Crippen molar-refractivity contribution in [2.24, 2.45) is 0 Å². The molecule has 1 aliphatic heterocycles. The summed E-state index contributed by atoms with van der Waals surface area (Å²) in [7, 11) is 0. The van der Waals surface area contributed by atoms with Crippen LogP contribution in [0.2, 0.25) is 0 Å². The van der Waals surface area contributed by atoms with Gasteiger partial charge in [0.25, 0.3) is 0 Å². The van der Waals surface area contributed by atoms with Crippen LogP contribution < -0.4 is 10.2 Å². The number of nitrogens with zero attached hydrogens (tertiary/aromatic N) is 1. The molecule has 0 spiro atoms. The quantitative estimate of drug-likeness (QED) is 0.754.